The van der Waals surface area contributed by atoms with E-state index in [0.29, 0.717) is 17.5 Å². The zero-order valence-corrected chi connectivity index (χ0v) is 17.4. The van der Waals surface area contributed by atoms with Gasteiger partial charge in [-0.2, -0.15) is 0 Å². The molecule has 0 spiro atoms. The number of hydrogen-bond acceptors (Lipinski definition) is 5. The van der Waals surface area contributed by atoms with Crippen molar-refractivity contribution in [1.82, 2.24) is 9.88 Å². The van der Waals surface area contributed by atoms with Crippen molar-refractivity contribution in [2.75, 3.05) is 49.6 Å². The molecule has 5 rings (SSSR count). The number of hydrogen-bond donors (Lipinski definition) is 1. The van der Waals surface area contributed by atoms with Gasteiger partial charge >= 0.3 is 0 Å². The maximum atomic E-state index is 12.9. The van der Waals surface area contributed by atoms with Gasteiger partial charge in [0, 0.05) is 50.7 Å². The molecule has 1 unspecified atom stereocenters. The molecule has 2 saturated heterocycles. The number of pyridine rings is 1. The fraction of sp³-hybridized carbons (Fsp3) is 0.500. The van der Waals surface area contributed by atoms with Gasteiger partial charge in [0.05, 0.1) is 12.2 Å². The number of aromatic nitrogens is 1. The molecule has 3 aliphatic heterocycles. The van der Waals surface area contributed by atoms with E-state index in [1.165, 1.54) is 18.5 Å². The minimum Gasteiger partial charge on any atom is -0.381 e. The van der Waals surface area contributed by atoms with Gasteiger partial charge < -0.3 is 19.9 Å². The SMILES string of the molecule is O=C(c1ccc(NC2CCN(CC3CCOC3)CC2)nc1)N1CCc2ccccc21. The summed E-state index contributed by atoms with van der Waals surface area (Å²) >= 11 is 0. The number of benzene rings is 1. The first kappa shape index (κ1) is 19.5. The number of ether oxygens (including phenoxy) is 1. The Balaban J connectivity index is 1.14. The highest BCUT2D eigenvalue weighted by Crippen LogP contribution is 2.29. The molecule has 2 fully saturated rings. The smallest absolute Gasteiger partial charge is 0.259 e. The second-order valence-corrected chi connectivity index (χ2v) is 8.72. The van der Waals surface area contributed by atoms with Crippen LogP contribution >= 0.6 is 0 Å². The quantitative estimate of drug-likeness (QED) is 0.826. The van der Waals surface area contributed by atoms with Gasteiger partial charge in [-0.15, -0.1) is 0 Å². The second kappa shape index (κ2) is 8.74. The highest BCUT2D eigenvalue weighted by molar-refractivity contribution is 6.07. The second-order valence-electron chi connectivity index (χ2n) is 8.72. The lowest BCUT2D eigenvalue weighted by atomic mass is 10.0. The van der Waals surface area contributed by atoms with Crippen molar-refractivity contribution in [3.05, 3.63) is 53.7 Å². The third-order valence-electron chi connectivity index (χ3n) is 6.62. The Hall–Kier alpha value is -2.44. The number of fused-ring (bicyclic) bond motifs is 1. The number of rotatable bonds is 5. The number of carbonyl (C=O) groups is 1. The molecule has 30 heavy (non-hydrogen) atoms. The molecule has 0 bridgehead atoms. The van der Waals surface area contributed by atoms with Crippen LogP contribution in [0.1, 0.15) is 35.2 Å². The van der Waals surface area contributed by atoms with E-state index in [0.717, 1.165) is 63.6 Å². The minimum atomic E-state index is 0.0307. The van der Waals surface area contributed by atoms with Gasteiger partial charge in [0.1, 0.15) is 5.82 Å². The van der Waals surface area contributed by atoms with Crippen LogP contribution in [0.25, 0.3) is 0 Å². The number of nitrogens with one attached hydrogen (secondary N) is 1. The van der Waals surface area contributed by atoms with Crippen LogP contribution in [0.15, 0.2) is 42.6 Å². The molecule has 1 aromatic heterocycles. The Kier molecular flexibility index (Phi) is 5.69. The topological polar surface area (TPSA) is 57.7 Å². The fourth-order valence-corrected chi connectivity index (χ4v) is 4.87. The van der Waals surface area contributed by atoms with Crippen molar-refractivity contribution < 1.29 is 9.53 Å². The van der Waals surface area contributed by atoms with Crippen LogP contribution in [0.5, 0.6) is 0 Å². The van der Waals surface area contributed by atoms with Gasteiger partial charge in [0.25, 0.3) is 5.91 Å². The average molecular weight is 407 g/mol. The van der Waals surface area contributed by atoms with E-state index in [-0.39, 0.29) is 5.91 Å². The predicted octanol–water partition coefficient (Wildman–Crippen LogP) is 3.20. The van der Waals surface area contributed by atoms with E-state index >= 15 is 0 Å². The number of piperidine rings is 1. The third kappa shape index (κ3) is 4.20. The average Bonchev–Trinajstić information content (AvgIpc) is 3.45. The predicted molar refractivity (Wildman–Crippen MR) is 118 cm³/mol. The van der Waals surface area contributed by atoms with Crippen molar-refractivity contribution in [3.63, 3.8) is 0 Å². The number of amides is 1. The standard InChI is InChI=1S/C24H30N4O2/c29-24(28-13-7-19-3-1-2-4-22(19)28)20-5-6-23(25-15-20)26-21-8-11-27(12-9-21)16-18-10-14-30-17-18/h1-6,15,18,21H,7-14,16-17H2,(H,25,26). The van der Waals surface area contributed by atoms with E-state index in [1.807, 2.05) is 35.2 Å². The van der Waals surface area contributed by atoms with Gasteiger partial charge in [-0.3, -0.25) is 4.79 Å². The van der Waals surface area contributed by atoms with Crippen LogP contribution < -0.4 is 10.2 Å². The molecule has 2 aromatic rings. The molecule has 158 valence electrons. The van der Waals surface area contributed by atoms with Crippen molar-refractivity contribution in [2.45, 2.75) is 31.7 Å². The van der Waals surface area contributed by atoms with E-state index < -0.39 is 0 Å². The molecule has 0 aliphatic carbocycles. The summed E-state index contributed by atoms with van der Waals surface area (Å²) in [5.41, 5.74) is 2.91. The zero-order chi connectivity index (χ0) is 20.3. The zero-order valence-electron chi connectivity index (χ0n) is 17.4. The maximum absolute atomic E-state index is 12.9. The van der Waals surface area contributed by atoms with Crippen LogP contribution in [0.3, 0.4) is 0 Å². The normalized spacial score (nSPS) is 22.3. The van der Waals surface area contributed by atoms with Crippen molar-refractivity contribution in [3.8, 4) is 0 Å². The monoisotopic (exact) mass is 406 g/mol. The van der Waals surface area contributed by atoms with E-state index in [2.05, 4.69) is 21.3 Å². The molecule has 0 radical (unpaired) electrons. The summed E-state index contributed by atoms with van der Waals surface area (Å²) in [6, 6.07) is 12.4. The first-order valence-corrected chi connectivity index (χ1v) is 11.2. The number of likely N-dealkylation sites (tertiary alicyclic amines) is 1. The van der Waals surface area contributed by atoms with E-state index in [4.69, 9.17) is 4.74 Å². The summed E-state index contributed by atoms with van der Waals surface area (Å²) in [6.07, 6.45) is 6.08. The van der Waals surface area contributed by atoms with Crippen molar-refractivity contribution in [1.29, 1.82) is 0 Å². The largest absolute Gasteiger partial charge is 0.381 e. The Morgan fingerprint density at radius 2 is 1.97 bits per heavy atom. The highest BCUT2D eigenvalue weighted by Gasteiger charge is 2.26. The summed E-state index contributed by atoms with van der Waals surface area (Å²) in [4.78, 5) is 21.9. The van der Waals surface area contributed by atoms with Crippen molar-refractivity contribution in [2.24, 2.45) is 5.92 Å². The summed E-state index contributed by atoms with van der Waals surface area (Å²) in [5.74, 6) is 1.60. The molecular formula is C24H30N4O2. The lowest BCUT2D eigenvalue weighted by Gasteiger charge is -2.33. The molecule has 1 atom stereocenters. The van der Waals surface area contributed by atoms with Gasteiger partial charge in [-0.05, 0) is 55.4 Å². The fourth-order valence-electron chi connectivity index (χ4n) is 4.87. The summed E-state index contributed by atoms with van der Waals surface area (Å²) < 4.78 is 5.50. The van der Waals surface area contributed by atoms with Crippen molar-refractivity contribution >= 4 is 17.4 Å². The molecule has 3 aliphatic rings. The molecule has 1 N–H and O–H groups in total. The van der Waals surface area contributed by atoms with Crippen LogP contribution in [0, 0.1) is 5.92 Å². The molecule has 0 saturated carbocycles. The molecular weight excluding hydrogens is 376 g/mol. The summed E-state index contributed by atoms with van der Waals surface area (Å²) in [5, 5.41) is 3.56. The van der Waals surface area contributed by atoms with Gasteiger partial charge in [0.15, 0.2) is 0 Å². The van der Waals surface area contributed by atoms with Gasteiger partial charge in [-0.25, -0.2) is 4.98 Å². The molecule has 1 amide bonds. The van der Waals surface area contributed by atoms with Crippen LogP contribution in [0.4, 0.5) is 11.5 Å². The number of carbonyl (C=O) groups excluding carboxylic acids is 1. The minimum absolute atomic E-state index is 0.0307. The molecule has 6 nitrogen and oxygen atoms in total. The van der Waals surface area contributed by atoms with E-state index in [1.54, 1.807) is 6.20 Å². The first-order chi connectivity index (χ1) is 14.8. The lowest BCUT2D eigenvalue weighted by molar-refractivity contribution is 0.0989. The van der Waals surface area contributed by atoms with E-state index in [9.17, 15) is 4.79 Å². The Morgan fingerprint density at radius 3 is 2.73 bits per heavy atom. The first-order valence-electron chi connectivity index (χ1n) is 11.2. The Bertz CT molecular complexity index is 871. The van der Waals surface area contributed by atoms with Crippen LogP contribution in [0.2, 0.25) is 0 Å². The maximum Gasteiger partial charge on any atom is 0.259 e. The lowest BCUT2D eigenvalue weighted by Crippen LogP contribution is -2.41. The highest BCUT2D eigenvalue weighted by atomic mass is 16.5. The number of anilines is 2. The van der Waals surface area contributed by atoms with Crippen LogP contribution in [-0.2, 0) is 11.2 Å². The van der Waals surface area contributed by atoms with Crippen LogP contribution in [-0.4, -0.2) is 61.2 Å². The van der Waals surface area contributed by atoms with Gasteiger partial charge in [-0.1, -0.05) is 18.2 Å². The molecule has 1 aromatic carbocycles. The Morgan fingerprint density at radius 1 is 1.10 bits per heavy atom. The third-order valence-corrected chi connectivity index (χ3v) is 6.62. The summed E-state index contributed by atoms with van der Waals surface area (Å²) in [7, 11) is 0. The number of para-hydroxylation sites is 1. The Labute approximate surface area is 178 Å². The summed E-state index contributed by atoms with van der Waals surface area (Å²) in [6.45, 7) is 6.01. The van der Waals surface area contributed by atoms with Gasteiger partial charge in [0.2, 0.25) is 0 Å². The molecule has 4 heterocycles. The molecule has 6 heteroatoms. The number of nitrogens with zero attached hydrogens (tertiary/aromatic N) is 3.